The molecule has 0 aromatic heterocycles. The van der Waals surface area contributed by atoms with E-state index in [0.717, 1.165) is 6.54 Å². The highest BCUT2D eigenvalue weighted by atomic mass is 16.5. The lowest BCUT2D eigenvalue weighted by Gasteiger charge is -2.24. The van der Waals surface area contributed by atoms with Crippen molar-refractivity contribution < 1.29 is 9.53 Å². The van der Waals surface area contributed by atoms with Crippen LogP contribution < -0.4 is 10.6 Å². The first kappa shape index (κ1) is 8.49. The Balaban J connectivity index is 2.17. The van der Waals surface area contributed by atoms with Crippen LogP contribution in [0, 0.1) is 0 Å². The van der Waals surface area contributed by atoms with Gasteiger partial charge in [-0.3, -0.25) is 10.1 Å². The molecule has 2 N–H and O–H groups in total. The van der Waals surface area contributed by atoms with E-state index in [4.69, 9.17) is 4.74 Å². The Kier molecular flexibility index (Phi) is 3.32. The van der Waals surface area contributed by atoms with E-state index in [0.29, 0.717) is 19.6 Å². The summed E-state index contributed by atoms with van der Waals surface area (Å²) in [5.41, 5.74) is 0. The number of ether oxygens (including phenoxy) is 1. The number of nitrogens with one attached hydrogen (secondary N) is 2. The van der Waals surface area contributed by atoms with Crippen molar-refractivity contribution in [3.8, 4) is 0 Å². The summed E-state index contributed by atoms with van der Waals surface area (Å²) in [5.74, 6) is 0.105. The van der Waals surface area contributed by atoms with E-state index < -0.39 is 0 Å². The molecule has 1 fully saturated rings. The molecule has 1 unspecified atom stereocenters. The fourth-order valence-corrected chi connectivity index (χ4v) is 1.01. The van der Waals surface area contributed by atoms with Crippen molar-refractivity contribution >= 4 is 5.91 Å². The maximum Gasteiger partial charge on any atom is 0.222 e. The van der Waals surface area contributed by atoms with Gasteiger partial charge in [-0.2, -0.15) is 0 Å². The third kappa shape index (κ3) is 2.86. The first-order valence-electron chi connectivity index (χ1n) is 3.93. The lowest BCUT2D eigenvalue weighted by atomic mass is 10.3. The van der Waals surface area contributed by atoms with Crippen molar-refractivity contribution in [3.63, 3.8) is 0 Å². The second kappa shape index (κ2) is 4.31. The van der Waals surface area contributed by atoms with Crippen LogP contribution in [0.4, 0.5) is 0 Å². The smallest absolute Gasteiger partial charge is 0.222 e. The summed E-state index contributed by atoms with van der Waals surface area (Å²) >= 11 is 0. The van der Waals surface area contributed by atoms with Crippen molar-refractivity contribution in [2.45, 2.75) is 19.5 Å². The number of hydrogen-bond donors (Lipinski definition) is 2. The molecule has 0 spiro atoms. The molecule has 1 saturated heterocycles. The summed E-state index contributed by atoms with van der Waals surface area (Å²) in [7, 11) is 0. The van der Waals surface area contributed by atoms with Gasteiger partial charge < -0.3 is 10.1 Å². The summed E-state index contributed by atoms with van der Waals surface area (Å²) in [4.78, 5) is 10.8. The fourth-order valence-electron chi connectivity index (χ4n) is 1.01. The van der Waals surface area contributed by atoms with Crippen LogP contribution >= 0.6 is 0 Å². The van der Waals surface area contributed by atoms with Crippen LogP contribution in [0.1, 0.15) is 13.3 Å². The molecule has 4 nitrogen and oxygen atoms in total. The molecule has 4 heteroatoms. The van der Waals surface area contributed by atoms with Gasteiger partial charge in [0.15, 0.2) is 0 Å². The van der Waals surface area contributed by atoms with E-state index in [9.17, 15) is 4.79 Å². The highest BCUT2D eigenvalue weighted by molar-refractivity contribution is 5.77. The van der Waals surface area contributed by atoms with E-state index in [-0.39, 0.29) is 12.1 Å². The molecule has 1 aliphatic heterocycles. The third-order valence-electron chi connectivity index (χ3n) is 1.57. The Hall–Kier alpha value is -0.610. The average molecular weight is 158 g/mol. The van der Waals surface area contributed by atoms with Gasteiger partial charge in [-0.1, -0.05) is 0 Å². The molecule has 1 amide bonds. The maximum atomic E-state index is 10.8. The fraction of sp³-hybridized carbons (Fsp3) is 0.857. The molecular formula is C7H14N2O2. The van der Waals surface area contributed by atoms with Gasteiger partial charge in [0.05, 0.1) is 6.61 Å². The zero-order chi connectivity index (χ0) is 8.10. The molecule has 0 aromatic carbocycles. The van der Waals surface area contributed by atoms with Crippen LogP contribution in [0.25, 0.3) is 0 Å². The summed E-state index contributed by atoms with van der Waals surface area (Å²) in [6.07, 6.45) is 0.582. The quantitative estimate of drug-likeness (QED) is 0.580. The predicted octanol–water partition coefficient (Wildman–Crippen LogP) is -0.541. The first-order chi connectivity index (χ1) is 5.33. The van der Waals surface area contributed by atoms with E-state index in [2.05, 4.69) is 10.6 Å². The molecule has 1 heterocycles. The SMILES string of the molecule is CCOCC1NCCC(=O)N1. The van der Waals surface area contributed by atoms with Gasteiger partial charge in [0, 0.05) is 19.6 Å². The van der Waals surface area contributed by atoms with Crippen LogP contribution in [0.2, 0.25) is 0 Å². The van der Waals surface area contributed by atoms with Gasteiger partial charge in [-0.25, -0.2) is 0 Å². The van der Waals surface area contributed by atoms with Gasteiger partial charge in [-0.05, 0) is 6.92 Å². The van der Waals surface area contributed by atoms with E-state index in [1.54, 1.807) is 0 Å². The summed E-state index contributed by atoms with van der Waals surface area (Å²) in [6.45, 7) is 3.94. The molecule has 64 valence electrons. The minimum Gasteiger partial charge on any atom is -0.378 e. The molecule has 1 rings (SSSR count). The van der Waals surface area contributed by atoms with Gasteiger partial charge in [0.2, 0.25) is 5.91 Å². The van der Waals surface area contributed by atoms with Gasteiger partial charge >= 0.3 is 0 Å². The number of hydrogen-bond acceptors (Lipinski definition) is 3. The number of carbonyl (C=O) groups excluding carboxylic acids is 1. The number of amides is 1. The van der Waals surface area contributed by atoms with Crippen molar-refractivity contribution in [1.82, 2.24) is 10.6 Å². The Labute approximate surface area is 66.3 Å². The topological polar surface area (TPSA) is 50.4 Å². The third-order valence-corrected chi connectivity index (χ3v) is 1.57. The van der Waals surface area contributed by atoms with E-state index in [1.165, 1.54) is 0 Å². The summed E-state index contributed by atoms with van der Waals surface area (Å²) in [6, 6.07) is 0. The van der Waals surface area contributed by atoms with Crippen LogP contribution in [0.3, 0.4) is 0 Å². The van der Waals surface area contributed by atoms with Crippen molar-refractivity contribution in [2.24, 2.45) is 0 Å². The lowest BCUT2D eigenvalue weighted by molar-refractivity contribution is -0.124. The number of carbonyl (C=O) groups is 1. The molecule has 11 heavy (non-hydrogen) atoms. The zero-order valence-electron chi connectivity index (χ0n) is 6.72. The van der Waals surface area contributed by atoms with Crippen molar-refractivity contribution in [3.05, 3.63) is 0 Å². The molecule has 1 aliphatic rings. The van der Waals surface area contributed by atoms with Crippen LogP contribution in [-0.4, -0.2) is 31.8 Å². The monoisotopic (exact) mass is 158 g/mol. The van der Waals surface area contributed by atoms with Crippen LogP contribution in [0.5, 0.6) is 0 Å². The average Bonchev–Trinajstić information content (AvgIpc) is 2.01. The minimum atomic E-state index is 0.0104. The Morgan fingerprint density at radius 2 is 2.55 bits per heavy atom. The lowest BCUT2D eigenvalue weighted by Crippen LogP contribution is -2.53. The predicted molar refractivity (Wildman–Crippen MR) is 41.0 cm³/mol. The molecule has 0 bridgehead atoms. The Bertz CT molecular complexity index is 138. The molecule has 0 aliphatic carbocycles. The normalized spacial score (nSPS) is 24.8. The van der Waals surface area contributed by atoms with E-state index >= 15 is 0 Å². The standard InChI is InChI=1S/C7H14N2O2/c1-2-11-5-6-8-4-3-7(10)9-6/h6,8H,2-5H2,1H3,(H,9,10). The van der Waals surface area contributed by atoms with E-state index in [1.807, 2.05) is 6.92 Å². The first-order valence-corrected chi connectivity index (χ1v) is 3.93. The Morgan fingerprint density at radius 3 is 3.18 bits per heavy atom. The minimum absolute atomic E-state index is 0.0104. The van der Waals surface area contributed by atoms with Gasteiger partial charge in [0.25, 0.3) is 0 Å². The molecule has 0 radical (unpaired) electrons. The molecule has 0 aromatic rings. The second-order valence-corrected chi connectivity index (χ2v) is 2.48. The number of rotatable bonds is 3. The second-order valence-electron chi connectivity index (χ2n) is 2.48. The maximum absolute atomic E-state index is 10.8. The molecule has 1 atom stereocenters. The zero-order valence-corrected chi connectivity index (χ0v) is 6.72. The largest absolute Gasteiger partial charge is 0.378 e. The summed E-state index contributed by atoms with van der Waals surface area (Å²) in [5, 5.41) is 5.90. The van der Waals surface area contributed by atoms with Crippen LogP contribution in [-0.2, 0) is 9.53 Å². The van der Waals surface area contributed by atoms with Gasteiger partial charge in [0.1, 0.15) is 6.17 Å². The van der Waals surface area contributed by atoms with Crippen LogP contribution in [0.15, 0.2) is 0 Å². The highest BCUT2D eigenvalue weighted by Gasteiger charge is 2.16. The highest BCUT2D eigenvalue weighted by Crippen LogP contribution is 1.91. The Morgan fingerprint density at radius 1 is 1.73 bits per heavy atom. The summed E-state index contributed by atoms with van der Waals surface area (Å²) < 4.78 is 5.14. The van der Waals surface area contributed by atoms with Crippen molar-refractivity contribution in [1.29, 1.82) is 0 Å². The van der Waals surface area contributed by atoms with Gasteiger partial charge in [-0.15, -0.1) is 0 Å². The molecular weight excluding hydrogens is 144 g/mol. The molecule has 0 saturated carbocycles. The van der Waals surface area contributed by atoms with Crippen molar-refractivity contribution in [2.75, 3.05) is 19.8 Å².